The molecule has 0 spiro atoms. The third-order valence-corrected chi connectivity index (χ3v) is 3.90. The molecular formula is C13H24N4O2. The van der Waals surface area contributed by atoms with Crippen LogP contribution in [0.1, 0.15) is 19.3 Å². The third-order valence-electron chi connectivity index (χ3n) is 3.90. The summed E-state index contributed by atoms with van der Waals surface area (Å²) in [4.78, 5) is 29.7. The molecule has 2 aliphatic heterocycles. The van der Waals surface area contributed by atoms with Gasteiger partial charge in [0, 0.05) is 52.2 Å². The van der Waals surface area contributed by atoms with Gasteiger partial charge in [0.15, 0.2) is 0 Å². The highest BCUT2D eigenvalue weighted by atomic mass is 16.2. The molecular weight excluding hydrogens is 244 g/mol. The zero-order valence-corrected chi connectivity index (χ0v) is 11.5. The molecule has 19 heavy (non-hydrogen) atoms. The van der Waals surface area contributed by atoms with Crippen LogP contribution in [0.4, 0.5) is 0 Å². The van der Waals surface area contributed by atoms with Gasteiger partial charge in [-0.3, -0.25) is 14.5 Å². The summed E-state index contributed by atoms with van der Waals surface area (Å²) in [6.07, 6.45) is 2.69. The van der Waals surface area contributed by atoms with Crippen molar-refractivity contribution in [2.45, 2.75) is 19.3 Å². The van der Waals surface area contributed by atoms with Gasteiger partial charge in [0.05, 0.1) is 6.54 Å². The maximum atomic E-state index is 12.0. The Labute approximate surface area is 114 Å². The molecule has 0 aliphatic carbocycles. The molecule has 2 heterocycles. The molecule has 2 N–H and O–H groups in total. The Kier molecular flexibility index (Phi) is 5.15. The summed E-state index contributed by atoms with van der Waals surface area (Å²) < 4.78 is 0. The summed E-state index contributed by atoms with van der Waals surface area (Å²) in [6.45, 7) is 5.73. The van der Waals surface area contributed by atoms with Gasteiger partial charge >= 0.3 is 0 Å². The number of nitrogens with two attached hydrogens (primary N) is 1. The van der Waals surface area contributed by atoms with E-state index in [1.54, 1.807) is 0 Å². The third kappa shape index (κ3) is 3.91. The number of carbonyl (C=O) groups is 2. The Morgan fingerprint density at radius 1 is 0.842 bits per heavy atom. The number of likely N-dealkylation sites (tertiary alicyclic amines) is 1. The fraction of sp³-hybridized carbons (Fsp3) is 0.846. The van der Waals surface area contributed by atoms with Gasteiger partial charge in [0.1, 0.15) is 0 Å². The lowest BCUT2D eigenvalue weighted by molar-refractivity contribution is -0.134. The number of piperazine rings is 1. The molecule has 0 atom stereocenters. The van der Waals surface area contributed by atoms with E-state index in [1.165, 1.54) is 0 Å². The maximum absolute atomic E-state index is 12.0. The largest absolute Gasteiger partial charge is 0.342 e. The Bertz CT molecular complexity index is 321. The van der Waals surface area contributed by atoms with E-state index in [-0.39, 0.29) is 11.8 Å². The van der Waals surface area contributed by atoms with Gasteiger partial charge in [-0.1, -0.05) is 0 Å². The van der Waals surface area contributed by atoms with Crippen molar-refractivity contribution in [1.82, 2.24) is 14.7 Å². The standard InChI is InChI=1S/C13H24N4O2/c14-4-3-12(18)17-9-7-15(8-10-17)11-13(19)16-5-1-2-6-16/h1-11,14H2. The van der Waals surface area contributed by atoms with Gasteiger partial charge in [0.25, 0.3) is 0 Å². The zero-order valence-electron chi connectivity index (χ0n) is 11.5. The zero-order chi connectivity index (χ0) is 13.7. The van der Waals surface area contributed by atoms with E-state index >= 15 is 0 Å². The second-order valence-electron chi connectivity index (χ2n) is 5.28. The fourth-order valence-corrected chi connectivity index (χ4v) is 2.69. The lowest BCUT2D eigenvalue weighted by Gasteiger charge is -2.35. The highest BCUT2D eigenvalue weighted by Crippen LogP contribution is 2.09. The number of hydrogen-bond donors (Lipinski definition) is 1. The topological polar surface area (TPSA) is 69.9 Å². The first-order valence-corrected chi connectivity index (χ1v) is 7.18. The summed E-state index contributed by atoms with van der Waals surface area (Å²) in [5, 5.41) is 0. The normalized spacial score (nSPS) is 20.9. The van der Waals surface area contributed by atoms with Crippen molar-refractivity contribution in [2.24, 2.45) is 5.73 Å². The maximum Gasteiger partial charge on any atom is 0.236 e. The summed E-state index contributed by atoms with van der Waals surface area (Å²) >= 11 is 0. The summed E-state index contributed by atoms with van der Waals surface area (Å²) in [5.41, 5.74) is 5.39. The van der Waals surface area contributed by atoms with Crippen molar-refractivity contribution >= 4 is 11.8 Å². The highest BCUT2D eigenvalue weighted by Gasteiger charge is 2.24. The monoisotopic (exact) mass is 268 g/mol. The SMILES string of the molecule is NCCC(=O)N1CCN(CC(=O)N2CCCC2)CC1. The average molecular weight is 268 g/mol. The van der Waals surface area contributed by atoms with Gasteiger partial charge in [0.2, 0.25) is 11.8 Å². The van der Waals surface area contributed by atoms with E-state index in [0.29, 0.717) is 32.6 Å². The molecule has 2 aliphatic rings. The van der Waals surface area contributed by atoms with Crippen molar-refractivity contribution in [2.75, 3.05) is 52.4 Å². The summed E-state index contributed by atoms with van der Waals surface area (Å²) in [6, 6.07) is 0. The van der Waals surface area contributed by atoms with E-state index in [4.69, 9.17) is 5.73 Å². The minimum Gasteiger partial charge on any atom is -0.342 e. The van der Waals surface area contributed by atoms with Crippen LogP contribution in [-0.4, -0.2) is 78.9 Å². The number of hydrogen-bond acceptors (Lipinski definition) is 4. The number of rotatable bonds is 4. The molecule has 2 saturated heterocycles. The van der Waals surface area contributed by atoms with Crippen LogP contribution >= 0.6 is 0 Å². The number of nitrogens with zero attached hydrogens (tertiary/aromatic N) is 3. The molecule has 2 amide bonds. The first-order valence-electron chi connectivity index (χ1n) is 7.18. The molecule has 0 saturated carbocycles. The molecule has 0 radical (unpaired) electrons. The number of amides is 2. The van der Waals surface area contributed by atoms with Crippen molar-refractivity contribution < 1.29 is 9.59 Å². The Morgan fingerprint density at radius 2 is 1.42 bits per heavy atom. The smallest absolute Gasteiger partial charge is 0.236 e. The van der Waals surface area contributed by atoms with E-state index in [1.807, 2.05) is 9.80 Å². The number of carbonyl (C=O) groups excluding carboxylic acids is 2. The van der Waals surface area contributed by atoms with Crippen LogP contribution in [-0.2, 0) is 9.59 Å². The quantitative estimate of drug-likeness (QED) is 0.717. The average Bonchev–Trinajstić information content (AvgIpc) is 2.94. The van der Waals surface area contributed by atoms with Crippen LogP contribution in [0, 0.1) is 0 Å². The first-order chi connectivity index (χ1) is 9.20. The molecule has 0 bridgehead atoms. The lowest BCUT2D eigenvalue weighted by atomic mass is 10.2. The van der Waals surface area contributed by atoms with Crippen LogP contribution in [0.3, 0.4) is 0 Å². The van der Waals surface area contributed by atoms with E-state index in [2.05, 4.69) is 4.90 Å². The van der Waals surface area contributed by atoms with Crippen LogP contribution in [0.2, 0.25) is 0 Å². The van der Waals surface area contributed by atoms with Crippen molar-refractivity contribution in [3.05, 3.63) is 0 Å². The molecule has 108 valence electrons. The summed E-state index contributed by atoms with van der Waals surface area (Å²) in [5.74, 6) is 0.368. The van der Waals surface area contributed by atoms with E-state index in [9.17, 15) is 9.59 Å². The van der Waals surface area contributed by atoms with Crippen LogP contribution in [0.5, 0.6) is 0 Å². The van der Waals surface area contributed by atoms with Gasteiger partial charge in [-0.05, 0) is 12.8 Å². The van der Waals surface area contributed by atoms with Crippen molar-refractivity contribution in [3.8, 4) is 0 Å². The Hall–Kier alpha value is -1.14. The molecule has 6 heteroatoms. The molecule has 6 nitrogen and oxygen atoms in total. The predicted octanol–water partition coefficient (Wildman–Crippen LogP) is -0.898. The highest BCUT2D eigenvalue weighted by molar-refractivity contribution is 5.79. The molecule has 2 fully saturated rings. The van der Waals surface area contributed by atoms with E-state index < -0.39 is 0 Å². The summed E-state index contributed by atoms with van der Waals surface area (Å²) in [7, 11) is 0. The van der Waals surface area contributed by atoms with Gasteiger partial charge in [-0.15, -0.1) is 0 Å². The molecule has 0 unspecified atom stereocenters. The van der Waals surface area contributed by atoms with Gasteiger partial charge in [-0.25, -0.2) is 0 Å². The van der Waals surface area contributed by atoms with Crippen molar-refractivity contribution in [3.63, 3.8) is 0 Å². The van der Waals surface area contributed by atoms with Crippen LogP contribution < -0.4 is 5.73 Å². The van der Waals surface area contributed by atoms with Crippen LogP contribution in [0.25, 0.3) is 0 Å². The Morgan fingerprint density at radius 3 is 2.00 bits per heavy atom. The van der Waals surface area contributed by atoms with Gasteiger partial charge < -0.3 is 15.5 Å². The molecule has 0 aromatic carbocycles. The van der Waals surface area contributed by atoms with E-state index in [0.717, 1.165) is 39.0 Å². The van der Waals surface area contributed by atoms with Gasteiger partial charge in [-0.2, -0.15) is 0 Å². The fourth-order valence-electron chi connectivity index (χ4n) is 2.69. The predicted molar refractivity (Wildman–Crippen MR) is 72.5 cm³/mol. The van der Waals surface area contributed by atoms with Crippen molar-refractivity contribution in [1.29, 1.82) is 0 Å². The minimum absolute atomic E-state index is 0.132. The first kappa shape index (κ1) is 14.3. The van der Waals surface area contributed by atoms with Crippen LogP contribution in [0.15, 0.2) is 0 Å². The second-order valence-corrected chi connectivity index (χ2v) is 5.28. The molecule has 2 rings (SSSR count). The lowest BCUT2D eigenvalue weighted by Crippen LogP contribution is -2.51. The Balaban J connectivity index is 1.71. The molecule has 0 aromatic heterocycles. The second kappa shape index (κ2) is 6.86. The minimum atomic E-state index is 0.132. The molecule has 0 aromatic rings.